The number of amides is 2. The van der Waals surface area contributed by atoms with E-state index in [9.17, 15) is 9.59 Å². The van der Waals surface area contributed by atoms with Crippen molar-refractivity contribution in [2.24, 2.45) is 0 Å². The molecule has 0 aliphatic rings. The largest absolute Gasteiger partial charge is 0.381 e. The van der Waals surface area contributed by atoms with Gasteiger partial charge >= 0.3 is 0 Å². The number of thiocarbonyl (C=S) groups is 1. The molecule has 1 aromatic carbocycles. The Kier molecular flexibility index (Phi) is 8.89. The van der Waals surface area contributed by atoms with Gasteiger partial charge in [0.05, 0.1) is 13.0 Å². The Morgan fingerprint density at radius 2 is 1.96 bits per heavy atom. The second kappa shape index (κ2) is 10.7. The van der Waals surface area contributed by atoms with Crippen LogP contribution in [0.15, 0.2) is 30.3 Å². The summed E-state index contributed by atoms with van der Waals surface area (Å²) in [6, 6.07) is 7.01. The van der Waals surface area contributed by atoms with Gasteiger partial charge in [0.2, 0.25) is 11.8 Å². The van der Waals surface area contributed by atoms with Crippen molar-refractivity contribution in [3.8, 4) is 0 Å². The van der Waals surface area contributed by atoms with Gasteiger partial charge in [-0.3, -0.25) is 25.8 Å². The van der Waals surface area contributed by atoms with Crippen LogP contribution in [-0.2, 0) is 14.3 Å². The van der Waals surface area contributed by atoms with Gasteiger partial charge in [-0.15, -0.1) is 0 Å². The fourth-order valence-corrected chi connectivity index (χ4v) is 1.71. The van der Waals surface area contributed by atoms with Crippen LogP contribution in [0.1, 0.15) is 18.9 Å². The van der Waals surface area contributed by atoms with Crippen molar-refractivity contribution in [1.29, 1.82) is 0 Å². The molecular formula is C15H18ClN3O3S. The molecule has 0 bridgehead atoms. The van der Waals surface area contributed by atoms with E-state index in [0.717, 1.165) is 5.56 Å². The van der Waals surface area contributed by atoms with Gasteiger partial charge in [-0.05, 0) is 42.9 Å². The monoisotopic (exact) mass is 355 g/mol. The third-order valence-corrected chi connectivity index (χ3v) is 2.98. The zero-order valence-corrected chi connectivity index (χ0v) is 14.2. The summed E-state index contributed by atoms with van der Waals surface area (Å²) in [6.45, 7) is 2.72. The third kappa shape index (κ3) is 8.92. The topological polar surface area (TPSA) is 79.5 Å². The number of hydrogen-bond acceptors (Lipinski definition) is 4. The first-order valence-corrected chi connectivity index (χ1v) is 7.71. The number of carbonyl (C=O) groups excluding carboxylic acids is 2. The molecular weight excluding hydrogens is 338 g/mol. The zero-order chi connectivity index (χ0) is 17.1. The molecule has 0 aliphatic heterocycles. The van der Waals surface area contributed by atoms with Gasteiger partial charge in [0, 0.05) is 17.7 Å². The van der Waals surface area contributed by atoms with Crippen LogP contribution in [0, 0.1) is 0 Å². The Bertz CT molecular complexity index is 576. The van der Waals surface area contributed by atoms with Crippen LogP contribution in [0.2, 0.25) is 5.02 Å². The molecule has 0 fully saturated rings. The maximum absolute atomic E-state index is 11.7. The predicted molar refractivity (Wildman–Crippen MR) is 93.6 cm³/mol. The van der Waals surface area contributed by atoms with Gasteiger partial charge in [-0.1, -0.05) is 23.7 Å². The summed E-state index contributed by atoms with van der Waals surface area (Å²) in [5, 5.41) is 3.03. The van der Waals surface area contributed by atoms with Gasteiger partial charge in [0.25, 0.3) is 0 Å². The van der Waals surface area contributed by atoms with E-state index in [4.69, 9.17) is 28.6 Å². The van der Waals surface area contributed by atoms with E-state index >= 15 is 0 Å². The average Bonchev–Trinajstić information content (AvgIpc) is 2.52. The van der Waals surface area contributed by atoms with Crippen molar-refractivity contribution in [2.75, 3.05) is 13.2 Å². The van der Waals surface area contributed by atoms with Crippen molar-refractivity contribution in [2.45, 2.75) is 13.3 Å². The lowest BCUT2D eigenvalue weighted by molar-refractivity contribution is -0.123. The second-order valence-corrected chi connectivity index (χ2v) is 5.17. The molecule has 0 saturated heterocycles. The first kappa shape index (κ1) is 19.1. The Morgan fingerprint density at radius 1 is 1.26 bits per heavy atom. The normalized spacial score (nSPS) is 10.3. The van der Waals surface area contributed by atoms with E-state index < -0.39 is 5.91 Å². The Morgan fingerprint density at radius 3 is 2.61 bits per heavy atom. The summed E-state index contributed by atoms with van der Waals surface area (Å²) >= 11 is 10.7. The fraction of sp³-hybridized carbons (Fsp3) is 0.267. The number of rotatable bonds is 6. The van der Waals surface area contributed by atoms with E-state index in [-0.39, 0.29) is 17.4 Å². The highest BCUT2D eigenvalue weighted by Crippen LogP contribution is 2.10. The molecule has 0 aromatic heterocycles. The Balaban J connectivity index is 2.29. The maximum Gasteiger partial charge on any atom is 0.250 e. The molecule has 3 N–H and O–H groups in total. The summed E-state index contributed by atoms with van der Waals surface area (Å²) in [7, 11) is 0. The highest BCUT2D eigenvalue weighted by molar-refractivity contribution is 7.80. The lowest BCUT2D eigenvalue weighted by atomic mass is 10.2. The van der Waals surface area contributed by atoms with Gasteiger partial charge in [0.15, 0.2) is 5.11 Å². The molecule has 23 heavy (non-hydrogen) atoms. The number of carbonyl (C=O) groups is 2. The summed E-state index contributed by atoms with van der Waals surface area (Å²) in [4.78, 5) is 23.1. The quantitative estimate of drug-likeness (QED) is 0.314. The van der Waals surface area contributed by atoms with Crippen molar-refractivity contribution >= 4 is 46.8 Å². The molecule has 0 radical (unpaired) electrons. The lowest BCUT2D eigenvalue weighted by Crippen LogP contribution is -2.48. The van der Waals surface area contributed by atoms with Gasteiger partial charge < -0.3 is 4.74 Å². The number of halogens is 1. The van der Waals surface area contributed by atoms with E-state index in [1.54, 1.807) is 30.3 Å². The van der Waals surface area contributed by atoms with Gasteiger partial charge in [-0.2, -0.15) is 0 Å². The third-order valence-electron chi connectivity index (χ3n) is 2.53. The molecule has 6 nitrogen and oxygen atoms in total. The molecule has 0 spiro atoms. The SMILES string of the molecule is CCOCCC(=O)NNC(=S)NC(=O)/C=C/c1ccc(Cl)cc1. The molecule has 0 aliphatic carbocycles. The maximum atomic E-state index is 11.7. The highest BCUT2D eigenvalue weighted by Gasteiger charge is 2.03. The summed E-state index contributed by atoms with van der Waals surface area (Å²) < 4.78 is 5.05. The summed E-state index contributed by atoms with van der Waals surface area (Å²) in [5.74, 6) is -0.701. The van der Waals surface area contributed by atoms with Crippen molar-refractivity contribution in [3.05, 3.63) is 40.9 Å². The smallest absolute Gasteiger partial charge is 0.250 e. The average molecular weight is 356 g/mol. The summed E-state index contributed by atoms with van der Waals surface area (Å²) in [6.07, 6.45) is 3.15. The molecule has 0 unspecified atom stereocenters. The highest BCUT2D eigenvalue weighted by atomic mass is 35.5. The first-order valence-electron chi connectivity index (χ1n) is 6.92. The molecule has 0 atom stereocenters. The molecule has 1 aromatic rings. The van der Waals surface area contributed by atoms with Crippen molar-refractivity contribution in [1.82, 2.24) is 16.2 Å². The number of hydrogen-bond donors (Lipinski definition) is 3. The number of benzene rings is 1. The van der Waals surface area contributed by atoms with Crippen LogP contribution in [0.25, 0.3) is 6.08 Å². The minimum Gasteiger partial charge on any atom is -0.381 e. The van der Waals surface area contributed by atoms with Crippen LogP contribution in [-0.4, -0.2) is 30.1 Å². The van der Waals surface area contributed by atoms with Crippen LogP contribution < -0.4 is 16.2 Å². The van der Waals surface area contributed by atoms with Crippen LogP contribution in [0.4, 0.5) is 0 Å². The zero-order valence-electron chi connectivity index (χ0n) is 12.6. The Labute approximate surface area is 145 Å². The molecule has 2 amide bonds. The summed E-state index contributed by atoms with van der Waals surface area (Å²) in [5.41, 5.74) is 5.63. The number of nitrogens with one attached hydrogen (secondary N) is 3. The Hall–Kier alpha value is -1.96. The van der Waals surface area contributed by atoms with E-state index in [1.807, 2.05) is 6.92 Å². The lowest BCUT2D eigenvalue weighted by Gasteiger charge is -2.09. The second-order valence-electron chi connectivity index (χ2n) is 4.32. The van der Waals surface area contributed by atoms with Gasteiger partial charge in [-0.25, -0.2) is 0 Å². The van der Waals surface area contributed by atoms with E-state index in [1.165, 1.54) is 6.08 Å². The van der Waals surface area contributed by atoms with Crippen LogP contribution in [0.3, 0.4) is 0 Å². The first-order chi connectivity index (χ1) is 11.0. The molecule has 124 valence electrons. The van der Waals surface area contributed by atoms with E-state index in [2.05, 4.69) is 16.2 Å². The van der Waals surface area contributed by atoms with Crippen molar-refractivity contribution in [3.63, 3.8) is 0 Å². The molecule has 8 heteroatoms. The number of ether oxygens (including phenoxy) is 1. The predicted octanol–water partition coefficient (Wildman–Crippen LogP) is 1.80. The fourth-order valence-electron chi connectivity index (χ4n) is 1.43. The number of hydrazine groups is 1. The molecule has 1 rings (SSSR count). The minimum atomic E-state index is -0.416. The molecule has 0 heterocycles. The molecule has 0 saturated carbocycles. The van der Waals surface area contributed by atoms with E-state index in [0.29, 0.717) is 18.2 Å². The van der Waals surface area contributed by atoms with Crippen LogP contribution >= 0.6 is 23.8 Å². The standard InChI is InChI=1S/C15H18ClN3O3S/c1-2-22-10-9-14(21)18-19-15(23)17-13(20)8-5-11-3-6-12(16)7-4-11/h3-8H,2,9-10H2,1H3,(H,18,21)(H2,17,19,20,23)/b8-5+. The van der Waals surface area contributed by atoms with Crippen LogP contribution in [0.5, 0.6) is 0 Å². The van der Waals surface area contributed by atoms with Crippen molar-refractivity contribution < 1.29 is 14.3 Å². The minimum absolute atomic E-state index is 0.000478. The van der Waals surface area contributed by atoms with Gasteiger partial charge in [0.1, 0.15) is 0 Å².